The van der Waals surface area contributed by atoms with Crippen molar-refractivity contribution in [1.82, 2.24) is 0 Å². The van der Waals surface area contributed by atoms with Crippen molar-refractivity contribution < 1.29 is 18.3 Å². The average molecular weight is 268 g/mol. The second kappa shape index (κ2) is 6.13. The van der Waals surface area contributed by atoms with Gasteiger partial charge in [-0.15, -0.1) is 0 Å². The summed E-state index contributed by atoms with van der Waals surface area (Å²) in [6, 6.07) is 2.11. The number of carbonyl (C=O) groups is 1. The summed E-state index contributed by atoms with van der Waals surface area (Å²) in [6.07, 6.45) is 5.59. The summed E-state index contributed by atoms with van der Waals surface area (Å²) in [5, 5.41) is 0. The van der Waals surface area contributed by atoms with E-state index in [0.29, 0.717) is 0 Å². The van der Waals surface area contributed by atoms with Crippen molar-refractivity contribution in [3.63, 3.8) is 0 Å². The Balaban J connectivity index is 2.14. The number of ketones is 1. The van der Waals surface area contributed by atoms with Gasteiger partial charge >= 0.3 is 0 Å². The second-order valence-corrected chi connectivity index (χ2v) is 5.10. The van der Waals surface area contributed by atoms with E-state index < -0.39 is 23.0 Å². The minimum atomic E-state index is -0.836. The van der Waals surface area contributed by atoms with Gasteiger partial charge in [-0.25, -0.2) is 8.78 Å². The maximum Gasteiger partial charge on any atom is 0.169 e. The van der Waals surface area contributed by atoms with Crippen LogP contribution in [0, 0.1) is 17.6 Å². The smallest absolute Gasteiger partial charge is 0.169 e. The van der Waals surface area contributed by atoms with Crippen LogP contribution in [0.2, 0.25) is 0 Å². The topological polar surface area (TPSA) is 26.3 Å². The van der Waals surface area contributed by atoms with E-state index in [9.17, 15) is 13.6 Å². The molecule has 2 nitrogen and oxygen atoms in total. The number of methoxy groups -OCH3 is 1. The minimum Gasteiger partial charge on any atom is -0.497 e. The van der Waals surface area contributed by atoms with Crippen LogP contribution in [0.15, 0.2) is 12.1 Å². The monoisotopic (exact) mass is 268 g/mol. The fourth-order valence-electron chi connectivity index (χ4n) is 2.69. The van der Waals surface area contributed by atoms with Gasteiger partial charge in [-0.3, -0.25) is 4.79 Å². The maximum atomic E-state index is 13.8. The van der Waals surface area contributed by atoms with E-state index in [0.717, 1.165) is 37.8 Å². The number of rotatable bonds is 4. The molecule has 1 fully saturated rings. The van der Waals surface area contributed by atoms with E-state index in [2.05, 4.69) is 0 Å². The molecule has 1 aromatic rings. The highest BCUT2D eigenvalue weighted by Gasteiger charge is 2.23. The van der Waals surface area contributed by atoms with Gasteiger partial charge in [-0.2, -0.15) is 0 Å². The van der Waals surface area contributed by atoms with Crippen LogP contribution in [0.3, 0.4) is 0 Å². The molecule has 0 unspecified atom stereocenters. The lowest BCUT2D eigenvalue weighted by Gasteiger charge is -2.20. The van der Waals surface area contributed by atoms with Gasteiger partial charge in [0, 0.05) is 18.6 Å². The van der Waals surface area contributed by atoms with Crippen molar-refractivity contribution in [2.24, 2.45) is 5.92 Å². The molecule has 0 N–H and O–H groups in total. The molecule has 1 saturated carbocycles. The summed E-state index contributed by atoms with van der Waals surface area (Å²) >= 11 is 0. The van der Waals surface area contributed by atoms with Crippen molar-refractivity contribution in [3.8, 4) is 5.75 Å². The third-order valence-corrected chi connectivity index (χ3v) is 3.73. The molecule has 2 rings (SSSR count). The van der Waals surface area contributed by atoms with Crippen LogP contribution in [0.5, 0.6) is 5.75 Å². The van der Waals surface area contributed by atoms with Crippen molar-refractivity contribution >= 4 is 5.78 Å². The highest BCUT2D eigenvalue weighted by Crippen LogP contribution is 2.29. The van der Waals surface area contributed by atoms with Crippen LogP contribution in [-0.4, -0.2) is 12.9 Å². The van der Waals surface area contributed by atoms with Crippen LogP contribution in [0.25, 0.3) is 0 Å². The lowest BCUT2D eigenvalue weighted by atomic mass is 9.84. The Bertz CT molecular complexity index is 442. The number of hydrogen-bond donors (Lipinski definition) is 0. The molecule has 0 saturated heterocycles. The van der Waals surface area contributed by atoms with Gasteiger partial charge in [0.05, 0.1) is 12.7 Å². The van der Waals surface area contributed by atoms with Crippen molar-refractivity contribution in [3.05, 3.63) is 29.3 Å². The molecule has 0 aromatic heterocycles. The first-order valence-electron chi connectivity index (χ1n) is 6.68. The highest BCUT2D eigenvalue weighted by molar-refractivity contribution is 5.96. The normalized spacial score (nSPS) is 16.4. The maximum absolute atomic E-state index is 13.8. The Morgan fingerprint density at radius 1 is 1.21 bits per heavy atom. The quantitative estimate of drug-likeness (QED) is 0.767. The van der Waals surface area contributed by atoms with Crippen LogP contribution in [-0.2, 0) is 0 Å². The van der Waals surface area contributed by atoms with Crippen LogP contribution in [0.4, 0.5) is 8.78 Å². The molecule has 1 aliphatic rings. The molecule has 0 bridgehead atoms. The lowest BCUT2D eigenvalue weighted by Crippen LogP contribution is -2.14. The standard InChI is InChI=1S/C15H18F2O2/c1-19-11-8-12(16)15(13(17)9-11)14(18)7-10-5-3-2-4-6-10/h8-10H,2-7H2,1H3. The van der Waals surface area contributed by atoms with E-state index >= 15 is 0 Å². The Morgan fingerprint density at radius 3 is 2.32 bits per heavy atom. The SMILES string of the molecule is COc1cc(F)c(C(=O)CC2CCCCC2)c(F)c1. The lowest BCUT2D eigenvalue weighted by molar-refractivity contribution is 0.0942. The molecule has 1 aromatic carbocycles. The molecule has 0 radical (unpaired) electrons. The third-order valence-electron chi connectivity index (χ3n) is 3.73. The molecule has 4 heteroatoms. The summed E-state index contributed by atoms with van der Waals surface area (Å²) < 4.78 is 32.3. The largest absolute Gasteiger partial charge is 0.497 e. The van der Waals surface area contributed by atoms with Gasteiger partial charge in [-0.05, 0) is 5.92 Å². The molecule has 104 valence electrons. The zero-order valence-corrected chi connectivity index (χ0v) is 11.0. The molecule has 19 heavy (non-hydrogen) atoms. The molecular formula is C15H18F2O2. The molecule has 0 heterocycles. The summed E-state index contributed by atoms with van der Waals surface area (Å²) in [4.78, 5) is 12.0. The predicted molar refractivity (Wildman–Crippen MR) is 68.4 cm³/mol. The Labute approximate surface area is 111 Å². The second-order valence-electron chi connectivity index (χ2n) is 5.10. The predicted octanol–water partition coefficient (Wildman–Crippen LogP) is 4.13. The fraction of sp³-hybridized carbons (Fsp3) is 0.533. The van der Waals surface area contributed by atoms with Crippen molar-refractivity contribution in [2.45, 2.75) is 38.5 Å². The molecular weight excluding hydrogens is 250 g/mol. The van der Waals surface area contributed by atoms with Gasteiger partial charge in [0.15, 0.2) is 5.78 Å². The van der Waals surface area contributed by atoms with Gasteiger partial charge < -0.3 is 4.74 Å². The summed E-state index contributed by atoms with van der Waals surface area (Å²) in [7, 11) is 1.33. The summed E-state index contributed by atoms with van der Waals surface area (Å²) in [5.74, 6) is -1.76. The number of Topliss-reactive ketones (excluding diaryl/α,β-unsaturated/α-hetero) is 1. The minimum absolute atomic E-state index is 0.0872. The van der Waals surface area contributed by atoms with Gasteiger partial charge in [0.25, 0.3) is 0 Å². The van der Waals surface area contributed by atoms with Gasteiger partial charge in [0.1, 0.15) is 17.4 Å². The molecule has 0 atom stereocenters. The van der Waals surface area contributed by atoms with E-state index in [4.69, 9.17) is 4.74 Å². The first-order valence-corrected chi connectivity index (χ1v) is 6.68. The number of ether oxygens (including phenoxy) is 1. The highest BCUT2D eigenvalue weighted by atomic mass is 19.1. The summed E-state index contributed by atoms with van der Waals surface area (Å²) in [5.41, 5.74) is -0.425. The van der Waals surface area contributed by atoms with Gasteiger partial charge in [-0.1, -0.05) is 32.1 Å². The molecule has 0 amide bonds. The van der Waals surface area contributed by atoms with Crippen LogP contribution < -0.4 is 4.74 Å². The number of benzene rings is 1. The van der Waals surface area contributed by atoms with E-state index in [1.165, 1.54) is 13.5 Å². The Hall–Kier alpha value is -1.45. The zero-order chi connectivity index (χ0) is 13.8. The van der Waals surface area contributed by atoms with Crippen molar-refractivity contribution in [2.75, 3.05) is 7.11 Å². The Morgan fingerprint density at radius 2 is 1.79 bits per heavy atom. The molecule has 1 aliphatic carbocycles. The third kappa shape index (κ3) is 3.31. The fourth-order valence-corrected chi connectivity index (χ4v) is 2.69. The Kier molecular flexibility index (Phi) is 4.51. The van der Waals surface area contributed by atoms with E-state index in [-0.39, 0.29) is 18.1 Å². The van der Waals surface area contributed by atoms with E-state index in [1.807, 2.05) is 0 Å². The molecule has 0 spiro atoms. The first-order chi connectivity index (χ1) is 9.11. The molecule has 0 aliphatic heterocycles. The van der Waals surface area contributed by atoms with Crippen molar-refractivity contribution in [1.29, 1.82) is 0 Å². The summed E-state index contributed by atoms with van der Waals surface area (Å²) in [6.45, 7) is 0. The van der Waals surface area contributed by atoms with Crippen LogP contribution in [0.1, 0.15) is 48.9 Å². The first kappa shape index (κ1) is 14.0. The van der Waals surface area contributed by atoms with Gasteiger partial charge in [0.2, 0.25) is 0 Å². The average Bonchev–Trinajstić information content (AvgIpc) is 2.38. The van der Waals surface area contributed by atoms with Crippen LogP contribution >= 0.6 is 0 Å². The van der Waals surface area contributed by atoms with E-state index in [1.54, 1.807) is 0 Å². The number of halogens is 2. The number of hydrogen-bond acceptors (Lipinski definition) is 2. The zero-order valence-electron chi connectivity index (χ0n) is 11.0. The number of carbonyl (C=O) groups excluding carboxylic acids is 1.